The SMILES string of the molecule is COC(=O)CC(O)c1cc(F)c(C)cc1OC. The molecule has 0 heterocycles. The summed E-state index contributed by atoms with van der Waals surface area (Å²) < 4.78 is 22.9. The van der Waals surface area contributed by atoms with Crippen molar-refractivity contribution in [1.82, 2.24) is 0 Å². The minimum atomic E-state index is -1.15. The third kappa shape index (κ3) is 3.17. The van der Waals surface area contributed by atoms with Crippen molar-refractivity contribution in [3.63, 3.8) is 0 Å². The van der Waals surface area contributed by atoms with Crippen LogP contribution in [0.3, 0.4) is 0 Å². The van der Waals surface area contributed by atoms with Crippen LogP contribution in [0.4, 0.5) is 4.39 Å². The second kappa shape index (κ2) is 5.63. The predicted octanol–water partition coefficient (Wildman–Crippen LogP) is 1.74. The first-order chi connectivity index (χ1) is 7.99. The van der Waals surface area contributed by atoms with Crippen LogP contribution in [0.25, 0.3) is 0 Å². The lowest BCUT2D eigenvalue weighted by Crippen LogP contribution is -2.09. The summed E-state index contributed by atoms with van der Waals surface area (Å²) >= 11 is 0. The summed E-state index contributed by atoms with van der Waals surface area (Å²) in [7, 11) is 2.64. The predicted molar refractivity (Wildman–Crippen MR) is 59.3 cm³/mol. The summed E-state index contributed by atoms with van der Waals surface area (Å²) in [6.45, 7) is 1.59. The first kappa shape index (κ1) is 13.4. The molecule has 17 heavy (non-hydrogen) atoms. The van der Waals surface area contributed by atoms with Gasteiger partial charge in [-0.25, -0.2) is 4.39 Å². The molecule has 0 aromatic heterocycles. The number of methoxy groups -OCH3 is 2. The van der Waals surface area contributed by atoms with E-state index in [1.54, 1.807) is 6.92 Å². The van der Waals surface area contributed by atoms with Gasteiger partial charge in [0, 0.05) is 5.56 Å². The fourth-order valence-electron chi connectivity index (χ4n) is 1.46. The quantitative estimate of drug-likeness (QED) is 0.817. The number of carbonyl (C=O) groups is 1. The lowest BCUT2D eigenvalue weighted by molar-refractivity contribution is -0.142. The fourth-order valence-corrected chi connectivity index (χ4v) is 1.46. The number of aliphatic hydroxyl groups excluding tert-OH is 1. The van der Waals surface area contributed by atoms with Crippen molar-refractivity contribution in [3.8, 4) is 5.75 Å². The van der Waals surface area contributed by atoms with E-state index in [1.807, 2.05) is 0 Å². The Labute approximate surface area is 99.0 Å². The van der Waals surface area contributed by atoms with Gasteiger partial charge in [0.05, 0.1) is 26.7 Å². The van der Waals surface area contributed by atoms with Gasteiger partial charge >= 0.3 is 5.97 Å². The highest BCUT2D eigenvalue weighted by atomic mass is 19.1. The van der Waals surface area contributed by atoms with Crippen molar-refractivity contribution < 1.29 is 23.8 Å². The zero-order chi connectivity index (χ0) is 13.0. The number of aryl methyl sites for hydroxylation is 1. The number of rotatable bonds is 4. The number of hydrogen-bond acceptors (Lipinski definition) is 4. The van der Waals surface area contributed by atoms with Crippen molar-refractivity contribution in [2.24, 2.45) is 0 Å². The van der Waals surface area contributed by atoms with E-state index in [1.165, 1.54) is 26.4 Å². The second-order valence-electron chi connectivity index (χ2n) is 3.64. The molecule has 1 unspecified atom stereocenters. The van der Waals surface area contributed by atoms with Crippen LogP contribution in [0.1, 0.15) is 23.7 Å². The molecule has 1 rings (SSSR count). The topological polar surface area (TPSA) is 55.8 Å². The van der Waals surface area contributed by atoms with Crippen molar-refractivity contribution in [3.05, 3.63) is 29.1 Å². The van der Waals surface area contributed by atoms with Gasteiger partial charge in [-0.1, -0.05) is 0 Å². The van der Waals surface area contributed by atoms with E-state index in [2.05, 4.69) is 4.74 Å². The van der Waals surface area contributed by atoms with E-state index in [9.17, 15) is 14.3 Å². The molecule has 0 aliphatic carbocycles. The third-order valence-corrected chi connectivity index (χ3v) is 2.46. The van der Waals surface area contributed by atoms with Gasteiger partial charge in [-0.3, -0.25) is 4.79 Å². The Morgan fingerprint density at radius 2 is 2.12 bits per heavy atom. The van der Waals surface area contributed by atoms with Crippen LogP contribution in [0.5, 0.6) is 5.75 Å². The maximum absolute atomic E-state index is 13.4. The summed E-state index contributed by atoms with van der Waals surface area (Å²) in [6, 6.07) is 2.65. The average molecular weight is 242 g/mol. The molecule has 0 saturated carbocycles. The van der Waals surface area contributed by atoms with E-state index >= 15 is 0 Å². The molecule has 0 bridgehead atoms. The minimum Gasteiger partial charge on any atom is -0.496 e. The van der Waals surface area contributed by atoms with Gasteiger partial charge in [-0.2, -0.15) is 0 Å². The zero-order valence-electron chi connectivity index (χ0n) is 9.99. The number of hydrogen-bond donors (Lipinski definition) is 1. The summed E-state index contributed by atoms with van der Waals surface area (Å²) in [5, 5.41) is 9.80. The molecule has 0 saturated heterocycles. The first-order valence-corrected chi connectivity index (χ1v) is 5.08. The molecule has 1 aromatic rings. The largest absolute Gasteiger partial charge is 0.496 e. The summed E-state index contributed by atoms with van der Waals surface area (Å²) in [5.74, 6) is -0.675. The van der Waals surface area contributed by atoms with Gasteiger partial charge in [0.15, 0.2) is 0 Å². The Hall–Kier alpha value is -1.62. The average Bonchev–Trinajstić information content (AvgIpc) is 2.31. The van der Waals surface area contributed by atoms with E-state index in [4.69, 9.17) is 4.74 Å². The molecule has 1 N–H and O–H groups in total. The summed E-state index contributed by atoms with van der Waals surface area (Å²) in [5.41, 5.74) is 0.650. The highest BCUT2D eigenvalue weighted by molar-refractivity contribution is 5.70. The minimum absolute atomic E-state index is 0.237. The number of esters is 1. The van der Waals surface area contributed by atoms with Crippen LogP contribution >= 0.6 is 0 Å². The number of halogens is 1. The number of carbonyl (C=O) groups excluding carboxylic acids is 1. The molecule has 0 amide bonds. The van der Waals surface area contributed by atoms with Gasteiger partial charge in [0.2, 0.25) is 0 Å². The van der Waals surface area contributed by atoms with Crippen LogP contribution < -0.4 is 4.74 Å². The van der Waals surface area contributed by atoms with Gasteiger partial charge in [-0.15, -0.1) is 0 Å². The van der Waals surface area contributed by atoms with Gasteiger partial charge in [-0.05, 0) is 24.6 Å². The van der Waals surface area contributed by atoms with Gasteiger partial charge < -0.3 is 14.6 Å². The Kier molecular flexibility index (Phi) is 4.45. The Morgan fingerprint density at radius 1 is 1.47 bits per heavy atom. The fraction of sp³-hybridized carbons (Fsp3) is 0.417. The smallest absolute Gasteiger partial charge is 0.308 e. The van der Waals surface area contributed by atoms with Crippen molar-refractivity contribution in [2.45, 2.75) is 19.4 Å². The molecule has 94 valence electrons. The van der Waals surface area contributed by atoms with Crippen LogP contribution in [-0.2, 0) is 9.53 Å². The Balaban J connectivity index is 3.03. The maximum Gasteiger partial charge on any atom is 0.308 e. The third-order valence-electron chi connectivity index (χ3n) is 2.46. The summed E-state index contributed by atoms with van der Waals surface area (Å²) in [4.78, 5) is 11.0. The highest BCUT2D eigenvalue weighted by Crippen LogP contribution is 2.29. The van der Waals surface area contributed by atoms with Crippen molar-refractivity contribution in [2.75, 3.05) is 14.2 Å². The highest BCUT2D eigenvalue weighted by Gasteiger charge is 2.19. The van der Waals surface area contributed by atoms with E-state index in [0.29, 0.717) is 11.3 Å². The molecule has 0 spiro atoms. The summed E-state index contributed by atoms with van der Waals surface area (Å²) in [6.07, 6.45) is -1.39. The van der Waals surface area contributed by atoms with Gasteiger partial charge in [0.1, 0.15) is 11.6 Å². The second-order valence-corrected chi connectivity index (χ2v) is 3.64. The zero-order valence-corrected chi connectivity index (χ0v) is 9.99. The normalized spacial score (nSPS) is 12.1. The Bertz CT molecular complexity index is 417. The molecule has 0 fully saturated rings. The molecular weight excluding hydrogens is 227 g/mol. The van der Waals surface area contributed by atoms with Gasteiger partial charge in [0.25, 0.3) is 0 Å². The monoisotopic (exact) mass is 242 g/mol. The Morgan fingerprint density at radius 3 is 2.65 bits per heavy atom. The molecule has 4 nitrogen and oxygen atoms in total. The van der Waals surface area contributed by atoms with Crippen molar-refractivity contribution in [1.29, 1.82) is 0 Å². The molecule has 5 heteroatoms. The lowest BCUT2D eigenvalue weighted by atomic mass is 10.0. The molecule has 0 radical (unpaired) electrons. The van der Waals surface area contributed by atoms with E-state index in [0.717, 1.165) is 0 Å². The first-order valence-electron chi connectivity index (χ1n) is 5.08. The molecule has 0 aliphatic heterocycles. The van der Waals surface area contributed by atoms with Crippen LogP contribution in [-0.4, -0.2) is 25.3 Å². The van der Waals surface area contributed by atoms with Crippen LogP contribution in [0.15, 0.2) is 12.1 Å². The molecule has 0 aliphatic rings. The van der Waals surface area contributed by atoms with E-state index < -0.39 is 17.9 Å². The van der Waals surface area contributed by atoms with Crippen LogP contribution in [0.2, 0.25) is 0 Å². The lowest BCUT2D eigenvalue weighted by Gasteiger charge is -2.15. The molecule has 1 aromatic carbocycles. The number of benzene rings is 1. The molecule has 1 atom stereocenters. The van der Waals surface area contributed by atoms with E-state index in [-0.39, 0.29) is 12.0 Å². The number of aliphatic hydroxyl groups is 1. The molecular formula is C12H15FO4. The van der Waals surface area contributed by atoms with Crippen molar-refractivity contribution >= 4 is 5.97 Å². The number of ether oxygens (including phenoxy) is 2. The van der Waals surface area contributed by atoms with Crippen LogP contribution in [0, 0.1) is 12.7 Å². The maximum atomic E-state index is 13.4. The standard InChI is InChI=1S/C12H15FO4/c1-7-4-11(16-2)8(5-9(7)13)10(14)6-12(15)17-3/h4-5,10,14H,6H2,1-3H3.